The Morgan fingerprint density at radius 2 is 2.08 bits per heavy atom. The van der Waals surface area contributed by atoms with Gasteiger partial charge in [0, 0.05) is 0 Å². The van der Waals surface area contributed by atoms with Crippen LogP contribution >= 0.6 is 0 Å². The number of rotatable bonds is 4. The van der Waals surface area contributed by atoms with Crippen molar-refractivity contribution in [2.24, 2.45) is 0 Å². The van der Waals surface area contributed by atoms with Crippen molar-refractivity contribution in [1.82, 2.24) is 0 Å². The third-order valence-electron chi connectivity index (χ3n) is 1.78. The highest BCUT2D eigenvalue weighted by Gasteiger charge is 1.82. The van der Waals surface area contributed by atoms with Crippen LogP contribution in [0.5, 0.6) is 0 Å². The van der Waals surface area contributed by atoms with Gasteiger partial charge in [0.25, 0.3) is 0 Å². The number of hydrogen-bond donors (Lipinski definition) is 0. The Labute approximate surface area is 74.9 Å². The van der Waals surface area contributed by atoms with Gasteiger partial charge in [-0.3, -0.25) is 0 Å². The fourth-order valence-corrected chi connectivity index (χ4v) is 1.05. The van der Waals surface area contributed by atoms with E-state index in [1.54, 1.807) is 0 Å². The Balaban J connectivity index is 2.36. The van der Waals surface area contributed by atoms with Crippen molar-refractivity contribution in [2.45, 2.75) is 26.2 Å². The lowest BCUT2D eigenvalue weighted by Crippen LogP contribution is -1.70. The highest BCUT2D eigenvalue weighted by molar-refractivity contribution is 5.48. The number of unbranched alkanes of at least 4 members (excludes halogenated alkanes) is 2. The molecule has 0 saturated heterocycles. The molecule has 0 heterocycles. The molecule has 0 spiro atoms. The molecule has 0 aliphatic rings. The molecule has 0 amide bonds. The summed E-state index contributed by atoms with van der Waals surface area (Å²) < 4.78 is 0. The highest BCUT2D eigenvalue weighted by Crippen LogP contribution is 2.03. The van der Waals surface area contributed by atoms with E-state index in [-0.39, 0.29) is 0 Å². The van der Waals surface area contributed by atoms with E-state index in [0.29, 0.717) is 0 Å². The Bertz CT molecular complexity index is 221. The molecule has 1 rings (SSSR count). The van der Waals surface area contributed by atoms with E-state index in [1.807, 2.05) is 12.1 Å². The van der Waals surface area contributed by atoms with Gasteiger partial charge < -0.3 is 0 Å². The molecule has 0 fully saturated rings. The summed E-state index contributed by atoms with van der Waals surface area (Å²) in [4.78, 5) is 0. The third kappa shape index (κ3) is 3.38. The van der Waals surface area contributed by atoms with E-state index in [1.165, 1.54) is 24.8 Å². The van der Waals surface area contributed by atoms with Crippen molar-refractivity contribution in [3.05, 3.63) is 42.0 Å². The summed E-state index contributed by atoms with van der Waals surface area (Å²) in [5.41, 5.74) is 1.27. The lowest BCUT2D eigenvalue weighted by molar-refractivity contribution is 0.816. The van der Waals surface area contributed by atoms with Crippen LogP contribution in [0.25, 0.3) is 6.08 Å². The van der Waals surface area contributed by atoms with Gasteiger partial charge in [-0.1, -0.05) is 56.2 Å². The molecule has 0 atom stereocenters. The zero-order valence-corrected chi connectivity index (χ0v) is 7.59. The van der Waals surface area contributed by atoms with Crippen molar-refractivity contribution in [3.8, 4) is 0 Å². The predicted molar refractivity (Wildman–Crippen MR) is 53.8 cm³/mol. The molecular formula is C12H15. The molecule has 0 saturated carbocycles. The summed E-state index contributed by atoms with van der Waals surface area (Å²) in [5.74, 6) is 0. The van der Waals surface area contributed by atoms with E-state index in [9.17, 15) is 0 Å². The number of hydrogen-bond acceptors (Lipinski definition) is 0. The quantitative estimate of drug-likeness (QED) is 0.588. The normalized spacial score (nSPS) is 10.8. The zero-order chi connectivity index (χ0) is 8.65. The molecule has 12 heavy (non-hydrogen) atoms. The van der Waals surface area contributed by atoms with E-state index in [0.717, 1.165) is 0 Å². The number of benzene rings is 1. The Morgan fingerprint density at radius 1 is 1.33 bits per heavy atom. The molecule has 0 heteroatoms. The first kappa shape index (κ1) is 9.05. The highest BCUT2D eigenvalue weighted by atomic mass is 13.9. The molecule has 0 aliphatic carbocycles. The zero-order valence-electron chi connectivity index (χ0n) is 7.59. The maximum absolute atomic E-state index is 3.00. The van der Waals surface area contributed by atoms with Gasteiger partial charge in [0.15, 0.2) is 0 Å². The van der Waals surface area contributed by atoms with E-state index in [2.05, 4.69) is 37.3 Å². The summed E-state index contributed by atoms with van der Waals surface area (Å²) in [6.45, 7) is 2.21. The minimum atomic E-state index is 1.19. The summed E-state index contributed by atoms with van der Waals surface area (Å²) >= 11 is 0. The second-order valence-electron chi connectivity index (χ2n) is 2.88. The van der Waals surface area contributed by atoms with Crippen LogP contribution in [0.3, 0.4) is 0 Å². The van der Waals surface area contributed by atoms with Crippen molar-refractivity contribution in [2.75, 3.05) is 0 Å². The van der Waals surface area contributed by atoms with Crippen LogP contribution in [-0.2, 0) is 0 Å². The van der Waals surface area contributed by atoms with Gasteiger partial charge in [0.2, 0.25) is 0 Å². The van der Waals surface area contributed by atoms with E-state index >= 15 is 0 Å². The minimum Gasteiger partial charge on any atom is -0.0839 e. The molecule has 0 unspecified atom stereocenters. The second kappa shape index (κ2) is 5.59. The molecule has 0 bridgehead atoms. The number of allylic oxidation sites excluding steroid dienone is 1. The standard InChI is InChI=1S/C12H15/c1-2-3-4-6-9-12-10-7-5-8-11-12/h6-11H,2-4H2,1H3/b9-6+. The maximum atomic E-state index is 3.00. The van der Waals surface area contributed by atoms with Crippen molar-refractivity contribution >= 4 is 6.08 Å². The minimum absolute atomic E-state index is 1.19. The van der Waals surface area contributed by atoms with Crippen molar-refractivity contribution in [3.63, 3.8) is 0 Å². The molecule has 0 aliphatic heterocycles. The summed E-state index contributed by atoms with van der Waals surface area (Å²) in [6.07, 6.45) is 8.15. The van der Waals surface area contributed by atoms with Crippen molar-refractivity contribution in [1.29, 1.82) is 0 Å². The van der Waals surface area contributed by atoms with Crippen LogP contribution in [0, 0.1) is 6.07 Å². The summed E-state index contributed by atoms with van der Waals surface area (Å²) in [7, 11) is 0. The van der Waals surface area contributed by atoms with Crippen LogP contribution in [0.1, 0.15) is 31.7 Å². The van der Waals surface area contributed by atoms with Crippen LogP contribution in [0.15, 0.2) is 30.3 Å². The van der Waals surface area contributed by atoms with Crippen LogP contribution in [0.2, 0.25) is 0 Å². The average molecular weight is 159 g/mol. The summed E-state index contributed by atoms with van der Waals surface area (Å²) in [6, 6.07) is 11.0. The lowest BCUT2D eigenvalue weighted by Gasteiger charge is -1.91. The molecule has 0 aromatic heterocycles. The van der Waals surface area contributed by atoms with Crippen LogP contribution in [-0.4, -0.2) is 0 Å². The van der Waals surface area contributed by atoms with Gasteiger partial charge in [0.1, 0.15) is 0 Å². The van der Waals surface area contributed by atoms with Crippen molar-refractivity contribution < 1.29 is 0 Å². The van der Waals surface area contributed by atoms with E-state index in [4.69, 9.17) is 0 Å². The Kier molecular flexibility index (Phi) is 4.22. The van der Waals surface area contributed by atoms with E-state index < -0.39 is 0 Å². The average Bonchev–Trinajstić information content (AvgIpc) is 2.14. The Hall–Kier alpha value is -1.04. The smallest absolute Gasteiger partial charge is 0.0184 e. The van der Waals surface area contributed by atoms with Gasteiger partial charge in [-0.25, -0.2) is 0 Å². The second-order valence-corrected chi connectivity index (χ2v) is 2.88. The lowest BCUT2D eigenvalue weighted by atomic mass is 10.2. The molecule has 0 N–H and O–H groups in total. The Morgan fingerprint density at radius 3 is 2.75 bits per heavy atom. The topological polar surface area (TPSA) is 0 Å². The fraction of sp³-hybridized carbons (Fsp3) is 0.333. The van der Waals surface area contributed by atoms with Gasteiger partial charge in [-0.05, 0) is 18.1 Å². The maximum Gasteiger partial charge on any atom is -0.0184 e. The largest absolute Gasteiger partial charge is 0.0839 e. The first-order valence-corrected chi connectivity index (χ1v) is 4.56. The van der Waals surface area contributed by atoms with Crippen LogP contribution in [0.4, 0.5) is 0 Å². The van der Waals surface area contributed by atoms with Gasteiger partial charge in [-0.15, -0.1) is 0 Å². The summed E-state index contributed by atoms with van der Waals surface area (Å²) in [5, 5.41) is 0. The first-order valence-electron chi connectivity index (χ1n) is 4.56. The molecule has 0 nitrogen and oxygen atoms in total. The molecular weight excluding hydrogens is 144 g/mol. The van der Waals surface area contributed by atoms with Gasteiger partial charge in [-0.2, -0.15) is 0 Å². The fourth-order valence-electron chi connectivity index (χ4n) is 1.05. The molecule has 1 radical (unpaired) electrons. The van der Waals surface area contributed by atoms with Gasteiger partial charge in [0.05, 0.1) is 0 Å². The molecule has 1 aromatic rings. The predicted octanol–water partition coefficient (Wildman–Crippen LogP) is 3.69. The molecule has 1 aromatic carbocycles. The molecule has 63 valence electrons. The van der Waals surface area contributed by atoms with Gasteiger partial charge >= 0.3 is 0 Å². The SMILES string of the molecule is CCCC/C=C/c1cc[c]cc1. The monoisotopic (exact) mass is 159 g/mol. The first-order chi connectivity index (χ1) is 5.93. The third-order valence-corrected chi connectivity index (χ3v) is 1.78. The van der Waals surface area contributed by atoms with Crippen LogP contribution < -0.4 is 0 Å².